The zero-order valence-electron chi connectivity index (χ0n) is 25.6. The molecule has 0 amide bonds. The molecule has 1 aliphatic carbocycles. The van der Waals surface area contributed by atoms with Crippen molar-refractivity contribution in [3.8, 4) is 33.4 Å². The second-order valence-electron chi connectivity index (χ2n) is 8.88. The third-order valence-corrected chi connectivity index (χ3v) is 6.38. The lowest BCUT2D eigenvalue weighted by Gasteiger charge is -2.22. The average Bonchev–Trinajstić information content (AvgIpc) is 3.18. The molecule has 0 unspecified atom stereocenters. The van der Waals surface area contributed by atoms with Crippen LogP contribution in [0.3, 0.4) is 0 Å². The van der Waals surface area contributed by atoms with Crippen LogP contribution < -0.4 is 0 Å². The van der Waals surface area contributed by atoms with E-state index in [1.165, 1.54) is 55.6 Å². The van der Waals surface area contributed by atoms with Crippen molar-refractivity contribution in [2.45, 2.75) is 88.5 Å². The second kappa shape index (κ2) is 15.2. The summed E-state index contributed by atoms with van der Waals surface area (Å²) in [6, 6.07) is 31.5. The summed E-state index contributed by atoms with van der Waals surface area (Å²) in [4.78, 5) is 0. The molecular weight excluding hydrogens is 444 g/mol. The molecule has 0 heteroatoms. The lowest BCUT2D eigenvalue weighted by atomic mass is 9.81. The molecule has 4 aromatic rings. The molecule has 198 valence electrons. The van der Waals surface area contributed by atoms with Crippen molar-refractivity contribution in [1.82, 2.24) is 0 Å². The van der Waals surface area contributed by atoms with Crippen molar-refractivity contribution in [3.63, 3.8) is 0 Å². The van der Waals surface area contributed by atoms with Gasteiger partial charge in [0, 0.05) is 5.41 Å². The number of benzene rings is 4. The van der Waals surface area contributed by atoms with E-state index in [4.69, 9.17) is 0 Å². The lowest BCUT2D eigenvalue weighted by molar-refractivity contribution is 0.661. The van der Waals surface area contributed by atoms with Gasteiger partial charge in [-0.25, -0.2) is 0 Å². The maximum Gasteiger partial charge on any atom is 0.0159 e. The predicted molar refractivity (Wildman–Crippen MR) is 170 cm³/mol. The Kier molecular flexibility index (Phi) is 13.1. The number of rotatable bonds is 2. The van der Waals surface area contributed by atoms with Crippen LogP contribution in [0, 0.1) is 13.8 Å². The minimum absolute atomic E-state index is 0.00959. The number of hydrogen-bond acceptors (Lipinski definition) is 0. The van der Waals surface area contributed by atoms with Crippen LogP contribution in [0.2, 0.25) is 0 Å². The second-order valence-corrected chi connectivity index (χ2v) is 8.88. The first kappa shape index (κ1) is 31.9. The van der Waals surface area contributed by atoms with Crippen molar-refractivity contribution < 1.29 is 0 Å². The molecule has 0 saturated heterocycles. The van der Waals surface area contributed by atoms with Crippen LogP contribution in [-0.4, -0.2) is 0 Å². The average molecular weight is 495 g/mol. The molecular formula is C37H50. The summed E-state index contributed by atoms with van der Waals surface area (Å²) < 4.78 is 0. The normalized spacial score (nSPS) is 11.5. The van der Waals surface area contributed by atoms with E-state index in [9.17, 15) is 0 Å². The molecule has 5 rings (SSSR count). The molecule has 0 heterocycles. The van der Waals surface area contributed by atoms with E-state index >= 15 is 0 Å². The van der Waals surface area contributed by atoms with E-state index in [1.807, 2.05) is 55.4 Å². The highest BCUT2D eigenvalue weighted by atomic mass is 14.4. The Labute approximate surface area is 228 Å². The van der Waals surface area contributed by atoms with E-state index in [0.717, 1.165) is 0 Å². The van der Waals surface area contributed by atoms with Crippen LogP contribution in [0.4, 0.5) is 0 Å². The van der Waals surface area contributed by atoms with Gasteiger partial charge in [0.15, 0.2) is 0 Å². The molecule has 0 saturated carbocycles. The predicted octanol–water partition coefficient (Wildman–Crippen LogP) is 12.0. The SMILES string of the molecule is CC.CC.CC.CC.Cc1cccc(-c2ccc3c(c2)C(C)(C)c2cc(-c4cccc(C)c4)ccc2-3)c1. The standard InChI is InChI=1S/C29H26.4C2H6/c1-19-7-5-9-21(15-19)23-11-13-25-26-14-12-24(22-10-6-8-20(2)16-22)18-28(26)29(3,4)27(25)17-23;4*1-2/h5-18H,1-4H3;4*1-2H3. The van der Waals surface area contributed by atoms with E-state index in [-0.39, 0.29) is 5.41 Å². The molecule has 0 aliphatic heterocycles. The molecule has 0 nitrogen and oxygen atoms in total. The van der Waals surface area contributed by atoms with Gasteiger partial charge in [-0.1, -0.05) is 153 Å². The maximum atomic E-state index is 2.40. The molecule has 37 heavy (non-hydrogen) atoms. The summed E-state index contributed by atoms with van der Waals surface area (Å²) in [6.07, 6.45) is 0. The van der Waals surface area contributed by atoms with Crippen molar-refractivity contribution in [2.75, 3.05) is 0 Å². The van der Waals surface area contributed by atoms with Crippen LogP contribution in [0.1, 0.15) is 91.5 Å². The molecule has 0 bridgehead atoms. The van der Waals surface area contributed by atoms with E-state index in [0.29, 0.717) is 0 Å². The Balaban J connectivity index is 0.000000784. The third-order valence-electron chi connectivity index (χ3n) is 6.38. The van der Waals surface area contributed by atoms with Crippen LogP contribution in [0.15, 0.2) is 84.9 Å². The van der Waals surface area contributed by atoms with Gasteiger partial charge >= 0.3 is 0 Å². The zero-order valence-corrected chi connectivity index (χ0v) is 25.6. The number of fused-ring (bicyclic) bond motifs is 3. The van der Waals surface area contributed by atoms with Gasteiger partial charge in [-0.2, -0.15) is 0 Å². The Morgan fingerprint density at radius 3 is 1.05 bits per heavy atom. The monoisotopic (exact) mass is 494 g/mol. The smallest absolute Gasteiger partial charge is 0.0159 e. The molecule has 0 atom stereocenters. The van der Waals surface area contributed by atoms with Crippen LogP contribution >= 0.6 is 0 Å². The third kappa shape index (κ3) is 7.01. The van der Waals surface area contributed by atoms with E-state index < -0.39 is 0 Å². The highest BCUT2D eigenvalue weighted by molar-refractivity contribution is 5.85. The fourth-order valence-corrected chi connectivity index (χ4v) is 4.75. The summed E-state index contributed by atoms with van der Waals surface area (Å²) in [5.41, 5.74) is 13.4. The molecule has 0 fully saturated rings. The quantitative estimate of drug-likeness (QED) is 0.260. The zero-order chi connectivity index (χ0) is 28.2. The fourth-order valence-electron chi connectivity index (χ4n) is 4.75. The Morgan fingerprint density at radius 1 is 0.405 bits per heavy atom. The molecule has 0 spiro atoms. The highest BCUT2D eigenvalue weighted by Crippen LogP contribution is 2.50. The van der Waals surface area contributed by atoms with Gasteiger partial charge in [-0.3, -0.25) is 0 Å². The topological polar surface area (TPSA) is 0 Å². The van der Waals surface area contributed by atoms with Gasteiger partial charge in [0.1, 0.15) is 0 Å². The first-order valence-electron chi connectivity index (χ1n) is 14.4. The van der Waals surface area contributed by atoms with Gasteiger partial charge in [-0.05, 0) is 70.5 Å². The minimum Gasteiger partial charge on any atom is -0.0683 e. The highest BCUT2D eigenvalue weighted by Gasteiger charge is 2.35. The Bertz CT molecular complexity index is 1140. The molecule has 0 aromatic heterocycles. The van der Waals surface area contributed by atoms with E-state index in [1.54, 1.807) is 0 Å². The summed E-state index contributed by atoms with van der Waals surface area (Å²) in [7, 11) is 0. The van der Waals surface area contributed by atoms with Gasteiger partial charge in [-0.15, -0.1) is 0 Å². The largest absolute Gasteiger partial charge is 0.0683 e. The van der Waals surface area contributed by atoms with Gasteiger partial charge in [0.2, 0.25) is 0 Å². The molecule has 0 radical (unpaired) electrons. The molecule has 4 aromatic carbocycles. The van der Waals surface area contributed by atoms with Crippen LogP contribution in [0.25, 0.3) is 33.4 Å². The summed E-state index contributed by atoms with van der Waals surface area (Å²) in [6.45, 7) is 25.0. The van der Waals surface area contributed by atoms with Crippen LogP contribution in [0.5, 0.6) is 0 Å². The van der Waals surface area contributed by atoms with Crippen molar-refractivity contribution in [3.05, 3.63) is 107 Å². The Hall–Kier alpha value is -3.12. The van der Waals surface area contributed by atoms with Gasteiger partial charge in [0.05, 0.1) is 0 Å². The lowest BCUT2D eigenvalue weighted by Crippen LogP contribution is -2.15. The fraction of sp³-hybridized carbons (Fsp3) is 0.351. The van der Waals surface area contributed by atoms with Crippen molar-refractivity contribution in [1.29, 1.82) is 0 Å². The van der Waals surface area contributed by atoms with Crippen molar-refractivity contribution in [2.24, 2.45) is 0 Å². The van der Waals surface area contributed by atoms with Gasteiger partial charge < -0.3 is 0 Å². The number of hydrogen-bond donors (Lipinski definition) is 0. The minimum atomic E-state index is -0.00959. The van der Waals surface area contributed by atoms with Crippen molar-refractivity contribution >= 4 is 0 Å². The van der Waals surface area contributed by atoms with E-state index in [2.05, 4.69) is 113 Å². The molecule has 1 aliphatic rings. The Morgan fingerprint density at radius 2 is 0.730 bits per heavy atom. The maximum absolute atomic E-state index is 2.40. The first-order valence-corrected chi connectivity index (χ1v) is 14.4. The summed E-state index contributed by atoms with van der Waals surface area (Å²) in [5.74, 6) is 0. The first-order chi connectivity index (χ1) is 17.9. The molecule has 0 N–H and O–H groups in total. The summed E-state index contributed by atoms with van der Waals surface area (Å²) in [5, 5.41) is 0. The van der Waals surface area contributed by atoms with Gasteiger partial charge in [0.25, 0.3) is 0 Å². The summed E-state index contributed by atoms with van der Waals surface area (Å²) >= 11 is 0. The van der Waals surface area contributed by atoms with Crippen LogP contribution in [-0.2, 0) is 5.41 Å². The number of aryl methyl sites for hydroxylation is 2.